The van der Waals surface area contributed by atoms with E-state index in [1.54, 1.807) is 0 Å². The highest BCUT2D eigenvalue weighted by Crippen LogP contribution is 2.46. The number of fused-ring (bicyclic) bond motifs is 6. The van der Waals surface area contributed by atoms with Crippen molar-refractivity contribution in [2.24, 2.45) is 0 Å². The summed E-state index contributed by atoms with van der Waals surface area (Å²) in [5.41, 5.74) is 8.30. The van der Waals surface area contributed by atoms with Crippen LogP contribution in [-0.2, 0) is 0 Å². The fourth-order valence-corrected chi connectivity index (χ4v) is 7.76. The van der Waals surface area contributed by atoms with Crippen molar-refractivity contribution in [3.63, 3.8) is 0 Å². The first-order valence-corrected chi connectivity index (χ1v) is 15.1. The van der Waals surface area contributed by atoms with E-state index >= 15 is 0 Å². The molecule has 0 aliphatic rings. The smallest absolute Gasteiger partial charge is 0.135 e. The maximum Gasteiger partial charge on any atom is 0.135 e. The molecule has 2 aromatic heterocycles. The molecule has 7 aromatic carbocycles. The van der Waals surface area contributed by atoms with Crippen LogP contribution in [0, 0.1) is 0 Å². The molecule has 0 saturated carbocycles. The van der Waals surface area contributed by atoms with E-state index in [4.69, 9.17) is 4.42 Å². The molecule has 2 heteroatoms. The van der Waals surface area contributed by atoms with Gasteiger partial charge in [-0.25, -0.2) is 0 Å². The Morgan fingerprint density at radius 2 is 0.929 bits per heavy atom. The summed E-state index contributed by atoms with van der Waals surface area (Å²) in [4.78, 5) is 0. The summed E-state index contributed by atoms with van der Waals surface area (Å²) in [7, 11) is 0. The lowest BCUT2D eigenvalue weighted by Gasteiger charge is -2.17. The quantitative estimate of drug-likeness (QED) is 0.199. The van der Waals surface area contributed by atoms with Crippen LogP contribution in [0.25, 0.3) is 86.1 Å². The molecular formula is C40H24OS. The predicted molar refractivity (Wildman–Crippen MR) is 180 cm³/mol. The van der Waals surface area contributed by atoms with Crippen molar-refractivity contribution in [1.29, 1.82) is 0 Å². The molecule has 9 aromatic rings. The van der Waals surface area contributed by atoms with E-state index in [0.717, 1.165) is 16.5 Å². The van der Waals surface area contributed by atoms with Gasteiger partial charge in [-0.3, -0.25) is 0 Å². The predicted octanol–water partition coefficient (Wildman–Crippen LogP) is 12.1. The van der Waals surface area contributed by atoms with E-state index in [9.17, 15) is 0 Å². The van der Waals surface area contributed by atoms with Crippen LogP contribution in [-0.4, -0.2) is 0 Å². The highest BCUT2D eigenvalue weighted by Gasteiger charge is 2.18. The van der Waals surface area contributed by atoms with E-state index in [1.165, 1.54) is 69.5 Å². The van der Waals surface area contributed by atoms with Crippen LogP contribution < -0.4 is 0 Å². The molecule has 0 bridgehead atoms. The zero-order valence-electron chi connectivity index (χ0n) is 22.7. The standard InChI is InChI=1S/C40H24OS/c1-3-11-25(12-4-1)35-24-41-36-22-34-33-21-27(19-20-37(33)42-38(34)23-32(35)36)40-30-17-9-7-15-28(30)39(26-13-5-2-6-14-26)29-16-8-10-18-31(29)40/h1-24H. The SMILES string of the molecule is c1ccc(-c2coc3cc4c(cc23)sc2ccc(-c3c5ccccc5c(-c5ccccc5)c5ccccc35)cc24)cc1. The van der Waals surface area contributed by atoms with Crippen molar-refractivity contribution >= 4 is 64.0 Å². The van der Waals surface area contributed by atoms with Crippen molar-refractivity contribution in [2.45, 2.75) is 0 Å². The number of furan rings is 1. The Bertz CT molecular complexity index is 2390. The number of thiophene rings is 1. The fourth-order valence-electron chi connectivity index (χ4n) is 6.65. The van der Waals surface area contributed by atoms with E-state index in [0.29, 0.717) is 0 Å². The Morgan fingerprint density at radius 3 is 1.57 bits per heavy atom. The highest BCUT2D eigenvalue weighted by molar-refractivity contribution is 7.25. The number of rotatable bonds is 3. The maximum absolute atomic E-state index is 6.12. The van der Waals surface area contributed by atoms with Crippen LogP contribution in [0.15, 0.2) is 150 Å². The minimum Gasteiger partial charge on any atom is -0.464 e. The van der Waals surface area contributed by atoms with Gasteiger partial charge in [-0.15, -0.1) is 11.3 Å². The third-order valence-electron chi connectivity index (χ3n) is 8.53. The molecular weight excluding hydrogens is 529 g/mol. The summed E-state index contributed by atoms with van der Waals surface area (Å²) in [6.07, 6.45) is 1.89. The van der Waals surface area contributed by atoms with Crippen LogP contribution in [0.4, 0.5) is 0 Å². The monoisotopic (exact) mass is 552 g/mol. The maximum atomic E-state index is 6.12. The Balaban J connectivity index is 1.31. The number of hydrogen-bond donors (Lipinski definition) is 0. The van der Waals surface area contributed by atoms with Gasteiger partial charge in [0, 0.05) is 31.1 Å². The van der Waals surface area contributed by atoms with Crippen LogP contribution in [0.2, 0.25) is 0 Å². The highest BCUT2D eigenvalue weighted by atomic mass is 32.1. The fraction of sp³-hybridized carbons (Fsp3) is 0. The molecule has 0 saturated heterocycles. The molecule has 2 heterocycles. The largest absolute Gasteiger partial charge is 0.464 e. The van der Waals surface area contributed by atoms with Gasteiger partial charge in [0.2, 0.25) is 0 Å². The Morgan fingerprint density at radius 1 is 0.381 bits per heavy atom. The average molecular weight is 553 g/mol. The summed E-state index contributed by atoms with van der Waals surface area (Å²) in [5, 5.41) is 8.77. The molecule has 0 N–H and O–H groups in total. The molecule has 0 radical (unpaired) electrons. The van der Waals surface area contributed by atoms with Gasteiger partial charge in [0.1, 0.15) is 5.58 Å². The second kappa shape index (κ2) is 9.17. The first kappa shape index (κ1) is 23.5. The minimum absolute atomic E-state index is 0.926. The molecule has 0 aliphatic carbocycles. The summed E-state index contributed by atoms with van der Waals surface area (Å²) in [5.74, 6) is 0. The second-order valence-electron chi connectivity index (χ2n) is 10.9. The van der Waals surface area contributed by atoms with Crippen molar-refractivity contribution in [3.05, 3.63) is 146 Å². The van der Waals surface area contributed by atoms with Crippen molar-refractivity contribution in [2.75, 3.05) is 0 Å². The van der Waals surface area contributed by atoms with Gasteiger partial charge < -0.3 is 4.42 Å². The second-order valence-corrected chi connectivity index (χ2v) is 12.0. The lowest BCUT2D eigenvalue weighted by atomic mass is 9.86. The summed E-state index contributed by atoms with van der Waals surface area (Å²) >= 11 is 1.85. The number of benzene rings is 7. The Kier molecular flexibility index (Phi) is 5.13. The number of hydrogen-bond acceptors (Lipinski definition) is 2. The molecule has 196 valence electrons. The minimum atomic E-state index is 0.926. The van der Waals surface area contributed by atoms with Gasteiger partial charge in [-0.1, -0.05) is 115 Å². The van der Waals surface area contributed by atoms with E-state index < -0.39 is 0 Å². The summed E-state index contributed by atoms with van der Waals surface area (Å²) in [6, 6.07) is 50.5. The Labute approximate surface area is 246 Å². The molecule has 0 aliphatic heterocycles. The molecule has 0 fully saturated rings. The molecule has 0 spiro atoms. The summed E-state index contributed by atoms with van der Waals surface area (Å²) < 4.78 is 8.69. The van der Waals surface area contributed by atoms with Gasteiger partial charge in [-0.2, -0.15) is 0 Å². The molecule has 0 amide bonds. The van der Waals surface area contributed by atoms with E-state index in [2.05, 4.69) is 140 Å². The lowest BCUT2D eigenvalue weighted by molar-refractivity contribution is 0.617. The zero-order chi connectivity index (χ0) is 27.6. The van der Waals surface area contributed by atoms with Crippen molar-refractivity contribution in [1.82, 2.24) is 0 Å². The van der Waals surface area contributed by atoms with Gasteiger partial charge in [0.25, 0.3) is 0 Å². The van der Waals surface area contributed by atoms with Gasteiger partial charge in [0.05, 0.1) is 6.26 Å². The molecule has 9 rings (SSSR count). The topological polar surface area (TPSA) is 13.1 Å². The van der Waals surface area contributed by atoms with Crippen LogP contribution in [0.3, 0.4) is 0 Å². The Hall–Kier alpha value is -5.18. The van der Waals surface area contributed by atoms with Crippen LogP contribution >= 0.6 is 11.3 Å². The van der Waals surface area contributed by atoms with Gasteiger partial charge >= 0.3 is 0 Å². The molecule has 0 unspecified atom stereocenters. The summed E-state index contributed by atoms with van der Waals surface area (Å²) in [6.45, 7) is 0. The van der Waals surface area contributed by atoms with Crippen molar-refractivity contribution < 1.29 is 4.42 Å². The van der Waals surface area contributed by atoms with E-state index in [1.807, 2.05) is 17.6 Å². The molecule has 42 heavy (non-hydrogen) atoms. The average Bonchev–Trinajstić information content (AvgIpc) is 3.63. The normalized spacial score (nSPS) is 11.8. The third kappa shape index (κ3) is 3.49. The van der Waals surface area contributed by atoms with Crippen molar-refractivity contribution in [3.8, 4) is 33.4 Å². The van der Waals surface area contributed by atoms with Gasteiger partial charge in [-0.05, 0) is 73.6 Å². The van der Waals surface area contributed by atoms with Crippen LogP contribution in [0.1, 0.15) is 0 Å². The third-order valence-corrected chi connectivity index (χ3v) is 9.67. The first-order valence-electron chi connectivity index (χ1n) is 14.3. The lowest BCUT2D eigenvalue weighted by Crippen LogP contribution is -1.90. The van der Waals surface area contributed by atoms with Gasteiger partial charge in [0.15, 0.2) is 0 Å². The molecule has 0 atom stereocenters. The zero-order valence-corrected chi connectivity index (χ0v) is 23.5. The first-order chi connectivity index (χ1) is 20.8. The molecule has 1 nitrogen and oxygen atoms in total. The van der Waals surface area contributed by atoms with E-state index in [-0.39, 0.29) is 0 Å². The van der Waals surface area contributed by atoms with Crippen LogP contribution in [0.5, 0.6) is 0 Å².